The summed E-state index contributed by atoms with van der Waals surface area (Å²) in [6.07, 6.45) is 5.84. The van der Waals surface area contributed by atoms with Crippen molar-refractivity contribution in [2.45, 2.75) is 57.6 Å². The SMILES string of the molecule is O=C(O)c1ccc(CCN(CCc2ccccc2OCc2ccc(CCc3ccc(F)cc3)cc2)C2CCCc3nc(C(=O)O)ccc32)cc1. The van der Waals surface area contributed by atoms with Crippen molar-refractivity contribution < 1.29 is 28.9 Å². The lowest BCUT2D eigenvalue weighted by Crippen LogP contribution is -2.35. The minimum Gasteiger partial charge on any atom is -0.489 e. The lowest BCUT2D eigenvalue weighted by molar-refractivity contribution is 0.0682. The molecule has 6 rings (SSSR count). The van der Waals surface area contributed by atoms with Crippen LogP contribution in [0.15, 0.2) is 109 Å². The van der Waals surface area contributed by atoms with Crippen LogP contribution in [0, 0.1) is 5.82 Å². The normalized spacial score (nSPS) is 13.9. The van der Waals surface area contributed by atoms with Gasteiger partial charge in [-0.15, -0.1) is 0 Å². The van der Waals surface area contributed by atoms with Gasteiger partial charge in [0.2, 0.25) is 0 Å². The maximum Gasteiger partial charge on any atom is 0.354 e. The van der Waals surface area contributed by atoms with Gasteiger partial charge in [0.1, 0.15) is 23.9 Å². The molecule has 2 N–H and O–H groups in total. The van der Waals surface area contributed by atoms with Gasteiger partial charge >= 0.3 is 11.9 Å². The highest BCUT2D eigenvalue weighted by Crippen LogP contribution is 2.34. The quantitative estimate of drug-likeness (QED) is 0.116. The number of carbonyl (C=O) groups is 2. The van der Waals surface area contributed by atoms with Crippen LogP contribution >= 0.6 is 0 Å². The molecular formula is C42H41FN2O5. The topological polar surface area (TPSA) is 100.0 Å². The van der Waals surface area contributed by atoms with E-state index in [2.05, 4.69) is 40.2 Å². The van der Waals surface area contributed by atoms with E-state index in [0.29, 0.717) is 6.61 Å². The second-order valence-corrected chi connectivity index (χ2v) is 12.8. The number of fused-ring (bicyclic) bond motifs is 1. The molecule has 50 heavy (non-hydrogen) atoms. The second kappa shape index (κ2) is 16.4. The molecule has 1 atom stereocenters. The van der Waals surface area contributed by atoms with Gasteiger partial charge in [-0.2, -0.15) is 0 Å². The Kier molecular flexibility index (Phi) is 11.3. The molecule has 0 bridgehead atoms. The van der Waals surface area contributed by atoms with E-state index in [1.54, 1.807) is 18.2 Å². The summed E-state index contributed by atoms with van der Waals surface area (Å²) in [6, 6.07) is 33.9. The van der Waals surface area contributed by atoms with Crippen molar-refractivity contribution in [2.75, 3.05) is 13.1 Å². The fraction of sp³-hybridized carbons (Fsp3) is 0.262. The number of halogens is 1. The van der Waals surface area contributed by atoms with Gasteiger partial charge in [-0.3, -0.25) is 4.90 Å². The van der Waals surface area contributed by atoms with Crippen LogP contribution in [0.25, 0.3) is 0 Å². The number of hydrogen-bond acceptors (Lipinski definition) is 5. The van der Waals surface area contributed by atoms with Crippen LogP contribution in [0.3, 0.4) is 0 Å². The Hall–Kier alpha value is -5.34. The molecule has 0 aliphatic heterocycles. The van der Waals surface area contributed by atoms with E-state index >= 15 is 0 Å². The Balaban J connectivity index is 1.13. The van der Waals surface area contributed by atoms with Gasteiger partial charge in [-0.05, 0) is 115 Å². The number of benzene rings is 4. The number of carboxylic acid groups (broad SMARTS) is 2. The number of aromatic carboxylic acids is 2. The summed E-state index contributed by atoms with van der Waals surface area (Å²) in [5.74, 6) is -1.34. The van der Waals surface area contributed by atoms with Crippen LogP contribution < -0.4 is 4.74 Å². The monoisotopic (exact) mass is 672 g/mol. The molecule has 1 aliphatic carbocycles. The van der Waals surface area contributed by atoms with Gasteiger partial charge in [0, 0.05) is 24.8 Å². The van der Waals surface area contributed by atoms with Crippen LogP contribution in [-0.2, 0) is 38.7 Å². The third-order valence-electron chi connectivity index (χ3n) is 9.48. The van der Waals surface area contributed by atoms with E-state index < -0.39 is 11.9 Å². The Morgan fingerprint density at radius 1 is 0.720 bits per heavy atom. The molecule has 7 nitrogen and oxygen atoms in total. The van der Waals surface area contributed by atoms with E-state index in [1.165, 1.54) is 17.7 Å². The Labute approximate surface area is 292 Å². The highest BCUT2D eigenvalue weighted by atomic mass is 19.1. The Bertz CT molecular complexity index is 1910. The minimum atomic E-state index is -1.02. The summed E-state index contributed by atoms with van der Waals surface area (Å²) in [6.45, 7) is 1.94. The summed E-state index contributed by atoms with van der Waals surface area (Å²) in [4.78, 5) is 29.9. The van der Waals surface area contributed by atoms with Gasteiger partial charge in [-0.25, -0.2) is 19.0 Å². The molecule has 0 amide bonds. The largest absolute Gasteiger partial charge is 0.489 e. The highest BCUT2D eigenvalue weighted by molar-refractivity contribution is 5.87. The minimum absolute atomic E-state index is 0.0696. The third-order valence-corrected chi connectivity index (χ3v) is 9.48. The molecule has 0 fully saturated rings. The first kappa shape index (κ1) is 34.5. The first-order valence-corrected chi connectivity index (χ1v) is 17.1. The fourth-order valence-electron chi connectivity index (χ4n) is 6.66. The van der Waals surface area contributed by atoms with E-state index in [4.69, 9.17) is 4.74 Å². The van der Waals surface area contributed by atoms with Gasteiger partial charge < -0.3 is 14.9 Å². The van der Waals surface area contributed by atoms with Crippen molar-refractivity contribution in [1.82, 2.24) is 9.88 Å². The molecule has 5 aromatic rings. The number of ether oxygens (including phenoxy) is 1. The number of carboxylic acids is 2. The van der Waals surface area contributed by atoms with Crippen molar-refractivity contribution in [3.63, 3.8) is 0 Å². The number of aryl methyl sites for hydroxylation is 3. The second-order valence-electron chi connectivity index (χ2n) is 12.8. The summed E-state index contributed by atoms with van der Waals surface area (Å²) >= 11 is 0. The first-order chi connectivity index (χ1) is 24.3. The van der Waals surface area contributed by atoms with Crippen LogP contribution in [-0.4, -0.2) is 45.1 Å². The molecule has 0 saturated carbocycles. The summed E-state index contributed by atoms with van der Waals surface area (Å²) in [7, 11) is 0. The van der Waals surface area contributed by atoms with Crippen molar-refractivity contribution in [2.24, 2.45) is 0 Å². The Morgan fingerprint density at radius 3 is 2.04 bits per heavy atom. The zero-order valence-corrected chi connectivity index (χ0v) is 27.9. The molecule has 1 unspecified atom stereocenters. The Morgan fingerprint density at radius 2 is 1.34 bits per heavy atom. The zero-order valence-electron chi connectivity index (χ0n) is 27.9. The number of para-hydroxylation sites is 1. The van der Waals surface area contributed by atoms with Crippen LogP contribution in [0.5, 0.6) is 5.75 Å². The molecule has 8 heteroatoms. The molecule has 1 heterocycles. The predicted octanol–water partition coefficient (Wildman–Crippen LogP) is 8.15. The average molecular weight is 673 g/mol. The van der Waals surface area contributed by atoms with Crippen molar-refractivity contribution in [3.8, 4) is 5.75 Å². The molecule has 4 aromatic carbocycles. The molecule has 1 aliphatic rings. The maximum absolute atomic E-state index is 13.2. The van der Waals surface area contributed by atoms with Crippen LogP contribution in [0.2, 0.25) is 0 Å². The number of pyridine rings is 1. The van der Waals surface area contributed by atoms with Gasteiger partial charge in [0.05, 0.1) is 5.56 Å². The number of hydrogen-bond donors (Lipinski definition) is 2. The smallest absolute Gasteiger partial charge is 0.354 e. The standard InChI is InChI=1S/C42H41FN2O5/c43-35-20-16-30(17-21-35)9-8-29-10-12-32(13-11-29)28-50-40-7-2-1-4-33(40)25-27-45(26-24-31-14-18-34(19-15-31)41(46)47)39-6-3-5-37-36(39)22-23-38(44-37)42(48)49/h1-2,4,7,10-23,39H,3,5-6,8-9,24-28H2,(H,46,47)(H,48,49). The molecule has 0 radical (unpaired) electrons. The first-order valence-electron chi connectivity index (χ1n) is 17.1. The van der Waals surface area contributed by atoms with E-state index in [9.17, 15) is 24.2 Å². The van der Waals surface area contributed by atoms with Crippen molar-refractivity contribution in [3.05, 3.63) is 165 Å². The number of nitrogens with zero attached hydrogens (tertiary/aromatic N) is 2. The van der Waals surface area contributed by atoms with Crippen molar-refractivity contribution in [1.29, 1.82) is 0 Å². The van der Waals surface area contributed by atoms with E-state index in [0.717, 1.165) is 97.3 Å². The molecule has 0 saturated heterocycles. The lowest BCUT2D eigenvalue weighted by Gasteiger charge is -2.36. The van der Waals surface area contributed by atoms with Crippen LogP contribution in [0.1, 0.15) is 78.8 Å². The fourth-order valence-corrected chi connectivity index (χ4v) is 6.66. The van der Waals surface area contributed by atoms with E-state index in [-0.39, 0.29) is 23.1 Å². The maximum atomic E-state index is 13.2. The average Bonchev–Trinajstić information content (AvgIpc) is 3.14. The summed E-state index contributed by atoms with van der Waals surface area (Å²) in [5, 5.41) is 18.8. The highest BCUT2D eigenvalue weighted by Gasteiger charge is 2.28. The zero-order chi connectivity index (χ0) is 34.9. The summed E-state index contributed by atoms with van der Waals surface area (Å²) in [5.41, 5.74) is 7.83. The van der Waals surface area contributed by atoms with Crippen LogP contribution in [0.4, 0.5) is 4.39 Å². The predicted molar refractivity (Wildman–Crippen MR) is 190 cm³/mol. The molecule has 0 spiro atoms. The number of aromatic nitrogens is 1. The van der Waals surface area contributed by atoms with E-state index in [1.807, 2.05) is 48.5 Å². The van der Waals surface area contributed by atoms with Crippen molar-refractivity contribution >= 4 is 11.9 Å². The third kappa shape index (κ3) is 9.01. The summed E-state index contributed by atoms with van der Waals surface area (Å²) < 4.78 is 19.6. The van der Waals surface area contributed by atoms with Gasteiger partial charge in [-0.1, -0.05) is 72.8 Å². The lowest BCUT2D eigenvalue weighted by atomic mass is 9.89. The van der Waals surface area contributed by atoms with Gasteiger partial charge in [0.15, 0.2) is 0 Å². The molecule has 1 aromatic heterocycles. The molecule has 256 valence electrons. The number of rotatable bonds is 15. The molecular weight excluding hydrogens is 631 g/mol. The van der Waals surface area contributed by atoms with Gasteiger partial charge in [0.25, 0.3) is 0 Å².